The van der Waals surface area contributed by atoms with Gasteiger partial charge in [-0.25, -0.2) is 4.98 Å². The zero-order chi connectivity index (χ0) is 21.1. The summed E-state index contributed by atoms with van der Waals surface area (Å²) < 4.78 is 18.5. The van der Waals surface area contributed by atoms with Gasteiger partial charge in [0, 0.05) is 18.1 Å². The second-order valence-electron chi connectivity index (χ2n) is 6.62. The topological polar surface area (TPSA) is 82.3 Å². The van der Waals surface area contributed by atoms with Crippen LogP contribution in [0.15, 0.2) is 58.1 Å². The Labute approximate surface area is 185 Å². The van der Waals surface area contributed by atoms with Gasteiger partial charge in [0.2, 0.25) is 0 Å². The minimum absolute atomic E-state index is 0.252. The third-order valence-electron chi connectivity index (χ3n) is 4.51. The van der Waals surface area contributed by atoms with Crippen molar-refractivity contribution in [1.82, 2.24) is 4.98 Å². The molecule has 0 spiro atoms. The van der Waals surface area contributed by atoms with Gasteiger partial charge in [-0.2, -0.15) is 0 Å². The van der Waals surface area contributed by atoms with Crippen molar-refractivity contribution in [3.63, 3.8) is 0 Å². The summed E-state index contributed by atoms with van der Waals surface area (Å²) in [5, 5.41) is 2.87. The van der Waals surface area contributed by atoms with Crippen LogP contribution in [0.5, 0.6) is 0 Å². The van der Waals surface area contributed by atoms with Gasteiger partial charge in [0.25, 0.3) is 0 Å². The number of esters is 1. The fourth-order valence-corrected chi connectivity index (χ4v) is 6.48. The lowest BCUT2D eigenvalue weighted by atomic mass is 10.0. The van der Waals surface area contributed by atoms with Crippen molar-refractivity contribution in [2.24, 2.45) is 0 Å². The lowest BCUT2D eigenvalue weighted by Crippen LogP contribution is -2.06. The average Bonchev–Trinajstić information content (AvgIpc) is 3.39. The smallest absolute Gasteiger partial charge is 0.302 e. The van der Waals surface area contributed by atoms with Crippen LogP contribution in [-0.2, 0) is 20.3 Å². The Balaban J connectivity index is 1.77. The number of hydrogen-bond donors (Lipinski definition) is 1. The summed E-state index contributed by atoms with van der Waals surface area (Å²) in [4.78, 5) is 17.6. The molecule has 0 amide bonds. The lowest BCUT2D eigenvalue weighted by molar-refractivity contribution is -0.140. The van der Waals surface area contributed by atoms with Gasteiger partial charge in [-0.1, -0.05) is 36.4 Å². The van der Waals surface area contributed by atoms with Crippen molar-refractivity contribution >= 4 is 55.3 Å². The summed E-state index contributed by atoms with van der Waals surface area (Å²) in [6, 6.07) is 16.1. The molecule has 1 aromatic carbocycles. The third-order valence-corrected chi connectivity index (χ3v) is 8.40. The van der Waals surface area contributed by atoms with E-state index in [2.05, 4.69) is 6.07 Å². The van der Waals surface area contributed by atoms with E-state index in [1.165, 1.54) is 18.3 Å². The molecule has 3 heterocycles. The number of nitrogens with two attached hydrogens (primary N) is 1. The van der Waals surface area contributed by atoms with E-state index in [-0.39, 0.29) is 12.6 Å². The average molecular weight is 457 g/mol. The number of anilines is 1. The minimum Gasteiger partial charge on any atom is -0.466 e. The van der Waals surface area contributed by atoms with Crippen molar-refractivity contribution < 1.29 is 13.7 Å². The fraction of sp³-hybridized carbons (Fsp3) is 0.182. The molecule has 0 bridgehead atoms. The number of ether oxygens (including phenoxy) is 1. The van der Waals surface area contributed by atoms with E-state index < -0.39 is 10.8 Å². The first kappa shape index (κ1) is 20.7. The normalized spacial score (nSPS) is 12.2. The van der Waals surface area contributed by atoms with Crippen molar-refractivity contribution in [2.75, 3.05) is 18.1 Å². The molecular weight excluding hydrogens is 436 g/mol. The quantitative estimate of drug-likeness (QED) is 0.300. The van der Waals surface area contributed by atoms with Crippen LogP contribution in [0.2, 0.25) is 0 Å². The van der Waals surface area contributed by atoms with Gasteiger partial charge < -0.3 is 10.5 Å². The summed E-state index contributed by atoms with van der Waals surface area (Å²) in [7, 11) is -1.29. The van der Waals surface area contributed by atoms with Gasteiger partial charge in [0.15, 0.2) is 0 Å². The molecule has 0 saturated heterocycles. The predicted molar refractivity (Wildman–Crippen MR) is 125 cm³/mol. The van der Waals surface area contributed by atoms with E-state index in [4.69, 9.17) is 15.5 Å². The highest BCUT2D eigenvalue weighted by Gasteiger charge is 2.21. The number of carbonyl (C=O) groups excluding carboxylic acids is 1. The number of pyridine rings is 1. The lowest BCUT2D eigenvalue weighted by Gasteiger charge is -2.08. The Morgan fingerprint density at radius 1 is 1.20 bits per heavy atom. The van der Waals surface area contributed by atoms with E-state index in [0.29, 0.717) is 22.1 Å². The SMILES string of the molecule is CC(=O)OCCCS(=O)c1sc2nc(-c3cccs3)cc(-c3ccccc3)c2c1N. The first-order valence-corrected chi connectivity index (χ1v) is 12.4. The number of fused-ring (bicyclic) bond motifs is 1. The number of nitrogens with zero attached hydrogens (tertiary/aromatic N) is 1. The van der Waals surface area contributed by atoms with E-state index in [1.54, 1.807) is 11.3 Å². The Morgan fingerprint density at radius 3 is 2.70 bits per heavy atom. The van der Waals surface area contributed by atoms with Crippen molar-refractivity contribution in [2.45, 2.75) is 17.6 Å². The molecule has 1 unspecified atom stereocenters. The highest BCUT2D eigenvalue weighted by molar-refractivity contribution is 7.87. The molecule has 0 aliphatic rings. The standard InChI is InChI=1S/C22H20N2O3S3/c1-14(25)27-10-6-12-30(26)22-20(23)19-16(15-7-3-2-4-8-15)13-17(24-21(19)29-22)18-9-5-11-28-18/h2-5,7-9,11,13H,6,10,12,23H2,1H3. The number of rotatable bonds is 7. The Kier molecular flexibility index (Phi) is 6.26. The van der Waals surface area contributed by atoms with Gasteiger partial charge in [0.1, 0.15) is 9.04 Å². The molecule has 30 heavy (non-hydrogen) atoms. The summed E-state index contributed by atoms with van der Waals surface area (Å²) in [6.45, 7) is 1.62. The molecule has 4 rings (SSSR count). The van der Waals surface area contributed by atoms with Gasteiger partial charge >= 0.3 is 5.97 Å². The monoisotopic (exact) mass is 456 g/mol. The maximum Gasteiger partial charge on any atom is 0.302 e. The second kappa shape index (κ2) is 9.07. The molecule has 2 N–H and O–H groups in total. The molecule has 0 fully saturated rings. The second-order valence-corrected chi connectivity index (χ2v) is 10.3. The highest BCUT2D eigenvalue weighted by Crippen LogP contribution is 2.43. The first-order valence-electron chi connectivity index (χ1n) is 9.38. The highest BCUT2D eigenvalue weighted by atomic mass is 32.2. The van der Waals surface area contributed by atoms with Crippen LogP contribution < -0.4 is 5.73 Å². The maximum absolute atomic E-state index is 12.9. The fourth-order valence-electron chi connectivity index (χ4n) is 3.16. The van der Waals surface area contributed by atoms with Crippen LogP contribution in [0.1, 0.15) is 13.3 Å². The molecule has 5 nitrogen and oxygen atoms in total. The van der Waals surface area contributed by atoms with Gasteiger partial charge in [-0.15, -0.1) is 22.7 Å². The third kappa shape index (κ3) is 4.30. The zero-order valence-corrected chi connectivity index (χ0v) is 18.7. The number of hydrogen-bond acceptors (Lipinski definition) is 7. The summed E-state index contributed by atoms with van der Waals surface area (Å²) >= 11 is 3.01. The molecule has 0 radical (unpaired) electrons. The molecule has 1 atom stereocenters. The van der Waals surface area contributed by atoms with E-state index in [9.17, 15) is 9.00 Å². The van der Waals surface area contributed by atoms with Gasteiger partial charge in [0.05, 0.1) is 33.7 Å². The number of carbonyl (C=O) groups is 1. The molecule has 4 aromatic rings. The van der Waals surface area contributed by atoms with Crippen molar-refractivity contribution in [3.8, 4) is 21.7 Å². The summed E-state index contributed by atoms with van der Waals surface area (Å²) in [5.74, 6) is 0.0444. The number of benzene rings is 1. The van der Waals surface area contributed by atoms with Crippen LogP contribution in [0, 0.1) is 0 Å². The van der Waals surface area contributed by atoms with Crippen LogP contribution in [-0.4, -0.2) is 27.5 Å². The number of aromatic nitrogens is 1. The van der Waals surface area contributed by atoms with Crippen LogP contribution in [0.25, 0.3) is 31.9 Å². The van der Waals surface area contributed by atoms with E-state index >= 15 is 0 Å². The van der Waals surface area contributed by atoms with Gasteiger partial charge in [-0.05, 0) is 35.1 Å². The molecule has 0 aliphatic carbocycles. The Morgan fingerprint density at radius 2 is 2.00 bits per heavy atom. The van der Waals surface area contributed by atoms with Crippen molar-refractivity contribution in [3.05, 3.63) is 53.9 Å². The Bertz CT molecular complexity index is 1200. The van der Waals surface area contributed by atoms with Crippen LogP contribution in [0.4, 0.5) is 5.69 Å². The Hall–Kier alpha value is -2.55. The molecule has 8 heteroatoms. The number of nitrogen functional groups attached to an aromatic ring is 1. The maximum atomic E-state index is 12.9. The molecule has 0 saturated carbocycles. The molecule has 154 valence electrons. The molecule has 0 aliphatic heterocycles. The van der Waals surface area contributed by atoms with Crippen molar-refractivity contribution in [1.29, 1.82) is 0 Å². The zero-order valence-electron chi connectivity index (χ0n) is 16.3. The number of thiophene rings is 2. The minimum atomic E-state index is -1.29. The van der Waals surface area contributed by atoms with E-state index in [0.717, 1.165) is 31.9 Å². The van der Waals surface area contributed by atoms with Crippen LogP contribution >= 0.6 is 22.7 Å². The predicted octanol–water partition coefficient (Wildman–Crippen LogP) is 5.33. The molecular formula is C22H20N2O3S3. The summed E-state index contributed by atoms with van der Waals surface area (Å²) in [5.41, 5.74) is 9.92. The van der Waals surface area contributed by atoms with Gasteiger partial charge in [-0.3, -0.25) is 9.00 Å². The molecule has 3 aromatic heterocycles. The van der Waals surface area contributed by atoms with Crippen LogP contribution in [0.3, 0.4) is 0 Å². The summed E-state index contributed by atoms with van der Waals surface area (Å²) in [6.07, 6.45) is 0.513. The largest absolute Gasteiger partial charge is 0.466 e. The van der Waals surface area contributed by atoms with E-state index in [1.807, 2.05) is 47.8 Å². The first-order chi connectivity index (χ1) is 14.5.